The third-order valence-corrected chi connectivity index (χ3v) is 4.65. The Balaban J connectivity index is 1.48. The Bertz CT molecular complexity index is 381. The summed E-state index contributed by atoms with van der Waals surface area (Å²) in [6, 6.07) is 11.7. The molecule has 2 nitrogen and oxygen atoms in total. The normalized spacial score (nSPS) is 30.1. The lowest BCUT2D eigenvalue weighted by molar-refractivity contribution is -0.916. The molecule has 0 bridgehead atoms. The highest BCUT2D eigenvalue weighted by atomic mass is 15.4. The average molecular weight is 245 g/mol. The van der Waals surface area contributed by atoms with E-state index in [-0.39, 0.29) is 0 Å². The molecule has 1 aromatic rings. The first-order valence-electron chi connectivity index (χ1n) is 7.39. The molecule has 1 N–H and O–H groups in total. The van der Waals surface area contributed by atoms with Crippen molar-refractivity contribution in [2.24, 2.45) is 0 Å². The van der Waals surface area contributed by atoms with E-state index < -0.39 is 0 Å². The molecule has 1 heterocycles. The van der Waals surface area contributed by atoms with E-state index in [1.54, 1.807) is 0 Å². The largest absolute Gasteiger partial charge is 0.314 e. The van der Waals surface area contributed by atoms with E-state index in [0.717, 1.165) is 18.6 Å². The molecular formula is C16H25N2+. The Morgan fingerprint density at radius 3 is 2.56 bits per heavy atom. The Hall–Kier alpha value is -0.860. The van der Waals surface area contributed by atoms with Gasteiger partial charge in [0.05, 0.1) is 20.1 Å². The van der Waals surface area contributed by atoms with Gasteiger partial charge in [0.15, 0.2) is 0 Å². The van der Waals surface area contributed by atoms with Crippen molar-refractivity contribution in [2.75, 3.05) is 26.8 Å². The minimum atomic E-state index is 0.726. The number of piperidine rings is 1. The number of likely N-dealkylation sites (tertiary alicyclic amines) is 1. The van der Waals surface area contributed by atoms with Gasteiger partial charge in [-0.05, 0) is 31.2 Å². The van der Waals surface area contributed by atoms with Crippen LogP contribution in [0.15, 0.2) is 30.3 Å². The van der Waals surface area contributed by atoms with Crippen LogP contribution in [0.3, 0.4) is 0 Å². The molecule has 1 aliphatic heterocycles. The fourth-order valence-electron chi connectivity index (χ4n) is 3.26. The molecule has 2 heteroatoms. The van der Waals surface area contributed by atoms with Gasteiger partial charge in [-0.1, -0.05) is 30.3 Å². The number of hydrogen-bond acceptors (Lipinski definition) is 1. The van der Waals surface area contributed by atoms with Crippen LogP contribution in [-0.2, 0) is 0 Å². The predicted octanol–water partition coefficient (Wildman–Crippen LogP) is 2.72. The quantitative estimate of drug-likeness (QED) is 0.804. The number of rotatable bonds is 4. The lowest BCUT2D eigenvalue weighted by atomic mass is 10.1. The third-order valence-electron chi connectivity index (χ3n) is 4.65. The molecule has 2 fully saturated rings. The van der Waals surface area contributed by atoms with E-state index in [2.05, 4.69) is 42.7 Å². The van der Waals surface area contributed by atoms with Gasteiger partial charge in [-0.15, -0.1) is 0 Å². The molecule has 1 aromatic carbocycles. The molecule has 2 atom stereocenters. The number of nitrogens with one attached hydrogen (secondary N) is 1. The molecule has 1 saturated heterocycles. The minimum Gasteiger partial charge on any atom is -0.314 e. The van der Waals surface area contributed by atoms with E-state index in [0.29, 0.717) is 0 Å². The number of benzene rings is 1. The topological polar surface area (TPSA) is 12.0 Å². The highest BCUT2D eigenvalue weighted by Gasteiger charge is 2.39. The summed E-state index contributed by atoms with van der Waals surface area (Å²) in [6.45, 7) is 3.87. The first-order valence-corrected chi connectivity index (χ1v) is 7.39. The summed E-state index contributed by atoms with van der Waals surface area (Å²) in [6.07, 6.45) is 5.57. The van der Waals surface area contributed by atoms with Crippen LogP contribution >= 0.6 is 0 Å². The molecule has 3 rings (SSSR count). The van der Waals surface area contributed by atoms with Gasteiger partial charge in [0.25, 0.3) is 0 Å². The summed E-state index contributed by atoms with van der Waals surface area (Å²) >= 11 is 0. The second-order valence-electron chi connectivity index (χ2n) is 6.35. The van der Waals surface area contributed by atoms with Crippen molar-refractivity contribution in [1.82, 2.24) is 5.32 Å². The first kappa shape index (κ1) is 12.2. The Morgan fingerprint density at radius 2 is 1.83 bits per heavy atom. The zero-order valence-electron chi connectivity index (χ0n) is 11.4. The van der Waals surface area contributed by atoms with Crippen LogP contribution in [0.5, 0.6) is 0 Å². The summed E-state index contributed by atoms with van der Waals surface area (Å²) in [5, 5.41) is 3.79. The number of nitrogens with zero attached hydrogens (tertiary/aromatic N) is 1. The van der Waals surface area contributed by atoms with Gasteiger partial charge in [-0.2, -0.15) is 0 Å². The van der Waals surface area contributed by atoms with Crippen LogP contribution in [0.4, 0.5) is 0 Å². The lowest BCUT2D eigenvalue weighted by Crippen LogP contribution is -2.53. The first-order chi connectivity index (χ1) is 8.77. The summed E-state index contributed by atoms with van der Waals surface area (Å²) < 4.78 is 1.23. The molecule has 0 radical (unpaired) electrons. The van der Waals surface area contributed by atoms with Crippen molar-refractivity contribution < 1.29 is 4.48 Å². The monoisotopic (exact) mass is 245 g/mol. The maximum absolute atomic E-state index is 3.79. The van der Waals surface area contributed by atoms with Gasteiger partial charge in [-0.3, -0.25) is 5.32 Å². The zero-order valence-corrected chi connectivity index (χ0v) is 11.4. The SMILES string of the molecule is C[N+]1(CNC2CC2c2ccccc2)CCCCC1. The zero-order chi connectivity index (χ0) is 12.4. The van der Waals surface area contributed by atoms with Crippen LogP contribution in [0.1, 0.15) is 37.2 Å². The number of quaternary nitrogens is 1. The van der Waals surface area contributed by atoms with Gasteiger partial charge in [0.2, 0.25) is 0 Å². The van der Waals surface area contributed by atoms with E-state index in [4.69, 9.17) is 0 Å². The van der Waals surface area contributed by atoms with Gasteiger partial charge in [0.1, 0.15) is 6.67 Å². The molecule has 0 amide bonds. The summed E-state index contributed by atoms with van der Waals surface area (Å²) in [7, 11) is 2.41. The molecule has 18 heavy (non-hydrogen) atoms. The van der Waals surface area contributed by atoms with E-state index in [1.807, 2.05) is 0 Å². The van der Waals surface area contributed by atoms with Crippen LogP contribution in [0.2, 0.25) is 0 Å². The molecule has 1 saturated carbocycles. The van der Waals surface area contributed by atoms with E-state index in [1.165, 1.54) is 48.8 Å². The predicted molar refractivity (Wildman–Crippen MR) is 75.4 cm³/mol. The van der Waals surface area contributed by atoms with Crippen LogP contribution in [-0.4, -0.2) is 37.3 Å². The van der Waals surface area contributed by atoms with Crippen molar-refractivity contribution in [3.63, 3.8) is 0 Å². The van der Waals surface area contributed by atoms with Crippen LogP contribution < -0.4 is 5.32 Å². The van der Waals surface area contributed by atoms with Crippen molar-refractivity contribution in [1.29, 1.82) is 0 Å². The Morgan fingerprint density at radius 1 is 1.11 bits per heavy atom. The maximum Gasteiger partial charge on any atom is 0.132 e. The van der Waals surface area contributed by atoms with Crippen molar-refractivity contribution >= 4 is 0 Å². The van der Waals surface area contributed by atoms with Gasteiger partial charge in [-0.25, -0.2) is 0 Å². The van der Waals surface area contributed by atoms with Crippen molar-refractivity contribution in [3.05, 3.63) is 35.9 Å². The van der Waals surface area contributed by atoms with Crippen LogP contribution in [0.25, 0.3) is 0 Å². The number of hydrogen-bond donors (Lipinski definition) is 1. The summed E-state index contributed by atoms with van der Waals surface area (Å²) in [5.74, 6) is 0.766. The smallest absolute Gasteiger partial charge is 0.132 e. The molecule has 0 aromatic heterocycles. The van der Waals surface area contributed by atoms with Crippen molar-refractivity contribution in [2.45, 2.75) is 37.6 Å². The Labute approximate surface area is 111 Å². The highest BCUT2D eigenvalue weighted by Crippen LogP contribution is 2.40. The second kappa shape index (κ2) is 5.02. The molecule has 2 aliphatic rings. The van der Waals surface area contributed by atoms with Gasteiger partial charge >= 0.3 is 0 Å². The highest BCUT2D eigenvalue weighted by molar-refractivity contribution is 5.27. The fraction of sp³-hybridized carbons (Fsp3) is 0.625. The molecule has 98 valence electrons. The van der Waals surface area contributed by atoms with Crippen molar-refractivity contribution in [3.8, 4) is 0 Å². The third kappa shape index (κ3) is 2.76. The molecular weight excluding hydrogens is 220 g/mol. The maximum atomic E-state index is 3.79. The van der Waals surface area contributed by atoms with E-state index >= 15 is 0 Å². The molecule has 1 aliphatic carbocycles. The van der Waals surface area contributed by atoms with Crippen LogP contribution in [0, 0.1) is 0 Å². The summed E-state index contributed by atoms with van der Waals surface area (Å²) in [5.41, 5.74) is 1.51. The lowest BCUT2D eigenvalue weighted by Gasteiger charge is -2.37. The molecule has 0 spiro atoms. The Kier molecular flexibility index (Phi) is 3.40. The molecule has 2 unspecified atom stereocenters. The van der Waals surface area contributed by atoms with E-state index in [9.17, 15) is 0 Å². The van der Waals surface area contributed by atoms with Gasteiger partial charge < -0.3 is 4.48 Å². The van der Waals surface area contributed by atoms with Gasteiger partial charge in [0, 0.05) is 12.0 Å². The average Bonchev–Trinajstić information content (AvgIpc) is 3.18. The summed E-state index contributed by atoms with van der Waals surface area (Å²) in [4.78, 5) is 0. The second-order valence-corrected chi connectivity index (χ2v) is 6.35. The standard InChI is InChI=1S/C16H25N2/c1-18(10-6-3-7-11-18)13-17-16-12-15(16)14-8-4-2-5-9-14/h2,4-5,8-9,15-17H,3,6-7,10-13H2,1H3/q+1. The minimum absolute atomic E-state index is 0.726. The fourth-order valence-corrected chi connectivity index (χ4v) is 3.26.